The van der Waals surface area contributed by atoms with Gasteiger partial charge in [-0.1, -0.05) is 6.92 Å². The van der Waals surface area contributed by atoms with Gasteiger partial charge in [-0.15, -0.1) is 0 Å². The summed E-state index contributed by atoms with van der Waals surface area (Å²) in [4.78, 5) is 12.0. The summed E-state index contributed by atoms with van der Waals surface area (Å²) in [5, 5.41) is 5.93. The Labute approximate surface area is 125 Å². The van der Waals surface area contributed by atoms with E-state index in [4.69, 9.17) is 0 Å². The minimum atomic E-state index is -3.30. The van der Waals surface area contributed by atoms with Gasteiger partial charge in [0.05, 0.1) is 5.75 Å². The molecular formula is C14H21N3O3S. The Morgan fingerprint density at radius 3 is 2.95 bits per heavy atom. The number of aryl methyl sites for hydroxylation is 1. The molecule has 1 heterocycles. The summed E-state index contributed by atoms with van der Waals surface area (Å²) in [6.07, 6.45) is 2.01. The Kier molecular flexibility index (Phi) is 5.19. The first kappa shape index (κ1) is 15.8. The van der Waals surface area contributed by atoms with Crippen molar-refractivity contribution in [2.75, 3.05) is 30.7 Å². The van der Waals surface area contributed by atoms with Gasteiger partial charge in [-0.05, 0) is 36.6 Å². The van der Waals surface area contributed by atoms with Gasteiger partial charge in [-0.25, -0.2) is 13.1 Å². The lowest BCUT2D eigenvalue weighted by Crippen LogP contribution is -2.34. The largest absolute Gasteiger partial charge is 0.385 e. The topological polar surface area (TPSA) is 87.3 Å². The molecule has 3 N–H and O–H groups in total. The van der Waals surface area contributed by atoms with Crippen LogP contribution in [0.4, 0.5) is 5.69 Å². The number of amides is 1. The normalized spacial score (nSPS) is 14.1. The van der Waals surface area contributed by atoms with E-state index in [1.54, 1.807) is 13.0 Å². The van der Waals surface area contributed by atoms with Crippen LogP contribution < -0.4 is 15.4 Å². The predicted octanol–water partition coefficient (Wildman–Crippen LogP) is 0.714. The molecule has 6 nitrogen and oxygen atoms in total. The molecule has 7 heteroatoms. The van der Waals surface area contributed by atoms with Crippen molar-refractivity contribution in [1.82, 2.24) is 10.0 Å². The maximum absolute atomic E-state index is 12.0. The smallest absolute Gasteiger partial charge is 0.251 e. The zero-order chi connectivity index (χ0) is 15.3. The number of anilines is 1. The molecule has 0 unspecified atom stereocenters. The van der Waals surface area contributed by atoms with E-state index in [0.29, 0.717) is 12.1 Å². The van der Waals surface area contributed by atoms with Crippen molar-refractivity contribution in [2.24, 2.45) is 0 Å². The van der Waals surface area contributed by atoms with Crippen LogP contribution >= 0.6 is 0 Å². The summed E-state index contributed by atoms with van der Waals surface area (Å²) in [5.74, 6) is -0.353. The van der Waals surface area contributed by atoms with Crippen molar-refractivity contribution < 1.29 is 13.2 Å². The van der Waals surface area contributed by atoms with Gasteiger partial charge < -0.3 is 10.6 Å². The molecule has 0 aromatic heterocycles. The van der Waals surface area contributed by atoms with E-state index in [-0.39, 0.29) is 18.2 Å². The van der Waals surface area contributed by atoms with Crippen molar-refractivity contribution in [1.29, 1.82) is 0 Å². The lowest BCUT2D eigenvalue weighted by molar-refractivity contribution is 0.0956. The van der Waals surface area contributed by atoms with Crippen LogP contribution in [0.5, 0.6) is 0 Å². The third kappa shape index (κ3) is 4.44. The Morgan fingerprint density at radius 1 is 1.38 bits per heavy atom. The third-order valence-electron chi connectivity index (χ3n) is 3.33. The highest BCUT2D eigenvalue weighted by Crippen LogP contribution is 2.22. The third-order valence-corrected chi connectivity index (χ3v) is 4.80. The summed E-state index contributed by atoms with van der Waals surface area (Å²) < 4.78 is 25.3. The number of sulfonamides is 1. The van der Waals surface area contributed by atoms with Crippen LogP contribution in [0.3, 0.4) is 0 Å². The lowest BCUT2D eigenvalue weighted by atomic mass is 10.0. The summed E-state index contributed by atoms with van der Waals surface area (Å²) in [5.41, 5.74) is 2.78. The average Bonchev–Trinajstić information content (AvgIpc) is 2.46. The van der Waals surface area contributed by atoms with Crippen molar-refractivity contribution in [3.8, 4) is 0 Å². The van der Waals surface area contributed by atoms with Gasteiger partial charge in [0.2, 0.25) is 10.0 Å². The molecule has 0 atom stereocenters. The molecule has 0 spiro atoms. The zero-order valence-electron chi connectivity index (χ0n) is 12.1. The van der Waals surface area contributed by atoms with Crippen molar-refractivity contribution >= 4 is 21.6 Å². The number of carbonyl (C=O) groups is 1. The molecule has 1 aliphatic heterocycles. The van der Waals surface area contributed by atoms with Gasteiger partial charge >= 0.3 is 0 Å². The quantitative estimate of drug-likeness (QED) is 0.722. The SMILES string of the molecule is CCNS(=O)(=O)CCNC(=O)c1ccc2c(c1)CCCN2. The molecule has 1 aliphatic rings. The summed E-state index contributed by atoms with van der Waals surface area (Å²) >= 11 is 0. The maximum Gasteiger partial charge on any atom is 0.251 e. The summed E-state index contributed by atoms with van der Waals surface area (Å²) in [7, 11) is -3.30. The Balaban J connectivity index is 1.92. The van der Waals surface area contributed by atoms with Gasteiger partial charge in [0.15, 0.2) is 0 Å². The summed E-state index contributed by atoms with van der Waals surface area (Å²) in [6, 6.07) is 5.53. The van der Waals surface area contributed by atoms with Crippen LogP contribution in [-0.4, -0.2) is 39.7 Å². The van der Waals surface area contributed by atoms with Crippen LogP contribution in [0.2, 0.25) is 0 Å². The summed E-state index contributed by atoms with van der Waals surface area (Å²) in [6.45, 7) is 3.13. The van der Waals surface area contributed by atoms with E-state index in [9.17, 15) is 13.2 Å². The highest BCUT2D eigenvalue weighted by Gasteiger charge is 2.13. The number of hydrogen-bond donors (Lipinski definition) is 3. The monoisotopic (exact) mass is 311 g/mol. The lowest BCUT2D eigenvalue weighted by Gasteiger charge is -2.18. The first-order valence-electron chi connectivity index (χ1n) is 7.14. The van der Waals surface area contributed by atoms with E-state index in [1.807, 2.05) is 12.1 Å². The predicted molar refractivity (Wildman–Crippen MR) is 83.0 cm³/mol. The Morgan fingerprint density at radius 2 is 2.19 bits per heavy atom. The standard InChI is InChI=1S/C14H21N3O3S/c1-2-17-21(19,20)9-8-16-14(18)12-5-6-13-11(10-12)4-3-7-15-13/h5-6,10,15,17H,2-4,7-9H2,1H3,(H,16,18). The van der Waals surface area contributed by atoms with Crippen LogP contribution in [0, 0.1) is 0 Å². The molecule has 0 aliphatic carbocycles. The molecule has 0 fully saturated rings. The highest BCUT2D eigenvalue weighted by molar-refractivity contribution is 7.89. The first-order valence-corrected chi connectivity index (χ1v) is 8.79. The van der Waals surface area contributed by atoms with Crippen LogP contribution in [0.1, 0.15) is 29.3 Å². The Hall–Kier alpha value is -1.60. The fourth-order valence-electron chi connectivity index (χ4n) is 2.31. The molecular weight excluding hydrogens is 290 g/mol. The number of fused-ring (bicyclic) bond motifs is 1. The fourth-order valence-corrected chi connectivity index (χ4v) is 3.26. The second-order valence-corrected chi connectivity index (χ2v) is 6.90. The van der Waals surface area contributed by atoms with E-state index in [0.717, 1.165) is 30.6 Å². The van der Waals surface area contributed by atoms with Crippen LogP contribution in [0.25, 0.3) is 0 Å². The molecule has 1 aromatic carbocycles. The molecule has 1 aromatic rings. The molecule has 0 saturated heterocycles. The molecule has 21 heavy (non-hydrogen) atoms. The van der Waals surface area contributed by atoms with E-state index >= 15 is 0 Å². The number of nitrogens with one attached hydrogen (secondary N) is 3. The van der Waals surface area contributed by atoms with E-state index in [1.165, 1.54) is 0 Å². The van der Waals surface area contributed by atoms with Crippen molar-refractivity contribution in [3.63, 3.8) is 0 Å². The molecule has 116 valence electrons. The second kappa shape index (κ2) is 6.91. The van der Waals surface area contributed by atoms with Gasteiger partial charge in [-0.3, -0.25) is 4.79 Å². The number of carbonyl (C=O) groups excluding carboxylic acids is 1. The zero-order valence-corrected chi connectivity index (χ0v) is 12.9. The number of rotatable bonds is 6. The van der Waals surface area contributed by atoms with E-state index < -0.39 is 10.0 Å². The van der Waals surface area contributed by atoms with Gasteiger partial charge in [0, 0.05) is 30.9 Å². The minimum Gasteiger partial charge on any atom is -0.385 e. The maximum atomic E-state index is 12.0. The van der Waals surface area contributed by atoms with Crippen LogP contribution in [-0.2, 0) is 16.4 Å². The second-order valence-electron chi connectivity index (χ2n) is 4.97. The van der Waals surface area contributed by atoms with Gasteiger partial charge in [-0.2, -0.15) is 0 Å². The molecule has 0 radical (unpaired) electrons. The molecule has 0 saturated carbocycles. The first-order chi connectivity index (χ1) is 10.0. The number of hydrogen-bond acceptors (Lipinski definition) is 4. The van der Waals surface area contributed by atoms with Gasteiger partial charge in [0.1, 0.15) is 0 Å². The van der Waals surface area contributed by atoms with Crippen LogP contribution in [0.15, 0.2) is 18.2 Å². The minimum absolute atomic E-state index is 0.101. The molecule has 0 bridgehead atoms. The van der Waals surface area contributed by atoms with Gasteiger partial charge in [0.25, 0.3) is 5.91 Å². The highest BCUT2D eigenvalue weighted by atomic mass is 32.2. The Bertz CT molecular complexity index is 614. The fraction of sp³-hybridized carbons (Fsp3) is 0.500. The van der Waals surface area contributed by atoms with Crippen molar-refractivity contribution in [2.45, 2.75) is 19.8 Å². The number of benzene rings is 1. The average molecular weight is 311 g/mol. The van der Waals surface area contributed by atoms with E-state index in [2.05, 4.69) is 15.4 Å². The molecule has 1 amide bonds. The molecule has 2 rings (SSSR count). The van der Waals surface area contributed by atoms with Crippen molar-refractivity contribution in [3.05, 3.63) is 29.3 Å².